The third kappa shape index (κ3) is 4.43. The first-order chi connectivity index (χ1) is 14.3. The maximum atomic E-state index is 6.27. The number of fused-ring (bicyclic) bond motifs is 3. The van der Waals surface area contributed by atoms with Crippen molar-refractivity contribution in [2.45, 2.75) is 51.6 Å². The predicted molar refractivity (Wildman–Crippen MR) is 121 cm³/mol. The number of benzene rings is 1. The lowest BCUT2D eigenvalue weighted by atomic mass is 10.1. The number of nitrogens with one attached hydrogen (secondary N) is 2. The highest BCUT2D eigenvalue weighted by Gasteiger charge is 2.16. The smallest absolute Gasteiger partial charge is 0.152 e. The maximum absolute atomic E-state index is 6.27. The van der Waals surface area contributed by atoms with Crippen molar-refractivity contribution in [3.8, 4) is 0 Å². The van der Waals surface area contributed by atoms with Crippen LogP contribution < -0.4 is 16.4 Å². The molecule has 6 nitrogen and oxygen atoms in total. The van der Waals surface area contributed by atoms with Crippen molar-refractivity contribution in [1.29, 1.82) is 0 Å². The largest absolute Gasteiger partial charge is 0.382 e. The Morgan fingerprint density at radius 3 is 2.86 bits per heavy atom. The normalized spacial score (nSPS) is 15.8. The van der Waals surface area contributed by atoms with Gasteiger partial charge in [0.15, 0.2) is 5.82 Å². The Labute approximate surface area is 172 Å². The van der Waals surface area contributed by atoms with Crippen LogP contribution >= 0.6 is 0 Å². The Kier molecular flexibility index (Phi) is 6.42. The molecule has 3 aromatic rings. The summed E-state index contributed by atoms with van der Waals surface area (Å²) >= 11 is 0. The molecule has 0 bridgehead atoms. The van der Waals surface area contributed by atoms with E-state index in [1.807, 2.05) is 12.1 Å². The minimum atomic E-state index is 0.520. The molecular weight excluding hydrogens is 360 g/mol. The molecule has 0 unspecified atom stereocenters. The molecule has 0 spiro atoms. The first kappa shape index (κ1) is 19.9. The van der Waals surface area contributed by atoms with Gasteiger partial charge in [-0.1, -0.05) is 43.7 Å². The average Bonchev–Trinajstić information content (AvgIpc) is 3.12. The summed E-state index contributed by atoms with van der Waals surface area (Å²) in [5, 5.41) is 8.17. The third-order valence-electron chi connectivity index (χ3n) is 5.76. The number of para-hydroxylation sites is 1. The lowest BCUT2D eigenvalue weighted by Gasteiger charge is -2.23. The van der Waals surface area contributed by atoms with Crippen molar-refractivity contribution >= 4 is 27.8 Å². The first-order valence-electron chi connectivity index (χ1n) is 10.9. The molecule has 0 amide bonds. The molecule has 6 heteroatoms. The number of imidazole rings is 1. The van der Waals surface area contributed by atoms with Gasteiger partial charge < -0.3 is 20.9 Å². The second-order valence-electron chi connectivity index (χ2n) is 7.86. The fourth-order valence-electron chi connectivity index (χ4n) is 4.15. The molecule has 4 N–H and O–H groups in total. The fourth-order valence-corrected chi connectivity index (χ4v) is 4.15. The van der Waals surface area contributed by atoms with Crippen LogP contribution in [0, 0.1) is 0 Å². The van der Waals surface area contributed by atoms with E-state index in [1.54, 1.807) is 0 Å². The summed E-state index contributed by atoms with van der Waals surface area (Å²) in [6.07, 6.45) is 10.1. The van der Waals surface area contributed by atoms with Crippen molar-refractivity contribution in [3.63, 3.8) is 0 Å². The van der Waals surface area contributed by atoms with E-state index in [1.165, 1.54) is 12.8 Å². The van der Waals surface area contributed by atoms with Gasteiger partial charge in [0.25, 0.3) is 0 Å². The average molecular weight is 393 g/mol. The van der Waals surface area contributed by atoms with Crippen molar-refractivity contribution in [1.82, 2.24) is 25.2 Å². The highest BCUT2D eigenvalue weighted by atomic mass is 15.1. The van der Waals surface area contributed by atoms with Gasteiger partial charge in [-0.3, -0.25) is 0 Å². The van der Waals surface area contributed by atoms with Crippen LogP contribution in [0.15, 0.2) is 36.4 Å². The molecule has 0 aliphatic carbocycles. The van der Waals surface area contributed by atoms with Gasteiger partial charge >= 0.3 is 0 Å². The lowest BCUT2D eigenvalue weighted by molar-refractivity contribution is 0.399. The van der Waals surface area contributed by atoms with E-state index < -0.39 is 0 Å². The number of nitrogens with two attached hydrogens (primary N) is 1. The highest BCUT2D eigenvalue weighted by molar-refractivity contribution is 6.06. The van der Waals surface area contributed by atoms with E-state index in [2.05, 4.69) is 51.4 Å². The van der Waals surface area contributed by atoms with E-state index >= 15 is 0 Å². The summed E-state index contributed by atoms with van der Waals surface area (Å²) in [5.74, 6) is 1.62. The monoisotopic (exact) mass is 392 g/mol. The van der Waals surface area contributed by atoms with E-state index in [0.717, 1.165) is 73.2 Å². The van der Waals surface area contributed by atoms with Gasteiger partial charge in [0.2, 0.25) is 0 Å². The molecule has 154 valence electrons. The minimum absolute atomic E-state index is 0.520. The van der Waals surface area contributed by atoms with Crippen LogP contribution in [-0.2, 0) is 13.0 Å². The van der Waals surface area contributed by atoms with Gasteiger partial charge in [0.05, 0.1) is 11.0 Å². The SMILES string of the molecule is CCCCc1nc2c(N)nc3ccccc3c2n1C/C=C/CNC1CCNCC1. The Bertz CT molecular complexity index is 984. The molecule has 29 heavy (non-hydrogen) atoms. The number of anilines is 1. The summed E-state index contributed by atoms with van der Waals surface area (Å²) in [6.45, 7) is 6.16. The Hall–Kier alpha value is -2.44. The van der Waals surface area contributed by atoms with Gasteiger partial charge in [-0.15, -0.1) is 0 Å². The van der Waals surface area contributed by atoms with Crippen LogP contribution in [0.4, 0.5) is 5.82 Å². The fraction of sp³-hybridized carbons (Fsp3) is 0.478. The van der Waals surface area contributed by atoms with Crippen LogP contribution in [0.3, 0.4) is 0 Å². The second-order valence-corrected chi connectivity index (χ2v) is 7.86. The van der Waals surface area contributed by atoms with E-state index in [-0.39, 0.29) is 0 Å². The molecule has 1 fully saturated rings. The van der Waals surface area contributed by atoms with Crippen LogP contribution in [0.2, 0.25) is 0 Å². The topological polar surface area (TPSA) is 80.8 Å². The molecule has 3 heterocycles. The van der Waals surface area contributed by atoms with Crippen LogP contribution in [0.5, 0.6) is 0 Å². The molecular formula is C23H32N6. The van der Waals surface area contributed by atoms with E-state index in [9.17, 15) is 0 Å². The molecule has 1 aliphatic heterocycles. The second kappa shape index (κ2) is 9.37. The molecule has 0 atom stereocenters. The van der Waals surface area contributed by atoms with Gasteiger partial charge in [0.1, 0.15) is 11.3 Å². The van der Waals surface area contributed by atoms with E-state index in [0.29, 0.717) is 11.9 Å². The van der Waals surface area contributed by atoms with Crippen molar-refractivity contribution in [2.24, 2.45) is 0 Å². The number of nitrogen functional groups attached to an aromatic ring is 1. The highest BCUT2D eigenvalue weighted by Crippen LogP contribution is 2.29. The van der Waals surface area contributed by atoms with Gasteiger partial charge in [-0.25, -0.2) is 9.97 Å². The zero-order valence-corrected chi connectivity index (χ0v) is 17.3. The van der Waals surface area contributed by atoms with Crippen molar-refractivity contribution in [3.05, 3.63) is 42.2 Å². The summed E-state index contributed by atoms with van der Waals surface area (Å²) in [4.78, 5) is 9.46. The summed E-state index contributed by atoms with van der Waals surface area (Å²) in [7, 11) is 0. The molecule has 1 aliphatic rings. The number of allylic oxidation sites excluding steroid dienone is 1. The number of aromatic nitrogens is 3. The lowest BCUT2D eigenvalue weighted by Crippen LogP contribution is -2.39. The molecule has 4 rings (SSSR count). The number of unbranched alkanes of at least 4 members (excludes halogenated alkanes) is 1. The van der Waals surface area contributed by atoms with Gasteiger partial charge in [-0.05, 0) is 38.4 Å². The number of piperidine rings is 1. The quantitative estimate of drug-likeness (QED) is 0.512. The van der Waals surface area contributed by atoms with E-state index in [4.69, 9.17) is 10.7 Å². The molecule has 1 aromatic carbocycles. The molecule has 0 radical (unpaired) electrons. The molecule has 1 saturated heterocycles. The van der Waals surface area contributed by atoms with Gasteiger partial charge in [-0.2, -0.15) is 0 Å². The number of pyridine rings is 1. The molecule has 0 saturated carbocycles. The zero-order valence-electron chi connectivity index (χ0n) is 17.3. The van der Waals surface area contributed by atoms with Crippen LogP contribution in [-0.4, -0.2) is 40.2 Å². The number of hydrogen-bond acceptors (Lipinski definition) is 5. The Morgan fingerprint density at radius 1 is 1.21 bits per heavy atom. The number of aryl methyl sites for hydroxylation is 1. The van der Waals surface area contributed by atoms with Crippen molar-refractivity contribution in [2.75, 3.05) is 25.4 Å². The maximum Gasteiger partial charge on any atom is 0.152 e. The van der Waals surface area contributed by atoms with Gasteiger partial charge in [0, 0.05) is 30.9 Å². The summed E-state index contributed by atoms with van der Waals surface area (Å²) < 4.78 is 2.33. The zero-order chi connectivity index (χ0) is 20.1. The standard InChI is InChI=1S/C23H32N6/c1-2-3-10-20-28-21-22(18-8-4-5-9-19(18)27-23(21)24)29(20)16-7-6-13-26-17-11-14-25-15-12-17/h4-9,17,25-26H,2-3,10-16H2,1H3,(H2,24,27)/b7-6+. The Morgan fingerprint density at radius 2 is 2.03 bits per heavy atom. The Balaban J connectivity index is 1.59. The third-order valence-corrected chi connectivity index (χ3v) is 5.76. The van der Waals surface area contributed by atoms with Crippen molar-refractivity contribution < 1.29 is 0 Å². The molecule has 2 aromatic heterocycles. The predicted octanol–water partition coefficient (Wildman–Crippen LogP) is 3.41. The minimum Gasteiger partial charge on any atom is -0.382 e. The summed E-state index contributed by atoms with van der Waals surface area (Å²) in [6, 6.07) is 8.83. The first-order valence-corrected chi connectivity index (χ1v) is 10.9. The summed E-state index contributed by atoms with van der Waals surface area (Å²) in [5.41, 5.74) is 9.14. The van der Waals surface area contributed by atoms with Crippen LogP contribution in [0.25, 0.3) is 21.9 Å². The number of rotatable bonds is 8. The number of nitrogens with zero attached hydrogens (tertiary/aromatic N) is 3. The number of hydrogen-bond donors (Lipinski definition) is 3. The van der Waals surface area contributed by atoms with Crippen LogP contribution in [0.1, 0.15) is 38.4 Å².